The molecule has 1 aromatic carbocycles. The van der Waals surface area contributed by atoms with Gasteiger partial charge < -0.3 is 19.7 Å². The zero-order valence-corrected chi connectivity index (χ0v) is 15.6. The van der Waals surface area contributed by atoms with Crippen molar-refractivity contribution in [2.45, 2.75) is 32.2 Å². The zero-order valence-electron chi connectivity index (χ0n) is 15.6. The van der Waals surface area contributed by atoms with Gasteiger partial charge in [-0.3, -0.25) is 4.90 Å². The van der Waals surface area contributed by atoms with Crippen LogP contribution in [0.5, 0.6) is 11.5 Å². The highest BCUT2D eigenvalue weighted by Gasteiger charge is 2.35. The highest BCUT2D eigenvalue weighted by atomic mass is 16.5. The number of hydrogen-bond donors (Lipinski definition) is 1. The highest BCUT2D eigenvalue weighted by Crippen LogP contribution is 2.40. The third-order valence-corrected chi connectivity index (χ3v) is 4.91. The molecule has 3 aliphatic heterocycles. The lowest BCUT2D eigenvalue weighted by Gasteiger charge is -2.45. The minimum atomic E-state index is 0.0412. The Morgan fingerprint density at radius 2 is 1.92 bits per heavy atom. The molecule has 1 N–H and O–H groups in total. The summed E-state index contributed by atoms with van der Waals surface area (Å²) in [6.07, 6.45) is 9.92. The summed E-state index contributed by atoms with van der Waals surface area (Å²) in [5, 5.41) is 3.69. The van der Waals surface area contributed by atoms with E-state index in [1.807, 2.05) is 30.5 Å². The number of ether oxygens (including phenoxy) is 2. The number of anilines is 1. The second kappa shape index (κ2) is 6.12. The van der Waals surface area contributed by atoms with Gasteiger partial charge in [-0.2, -0.15) is 0 Å². The Morgan fingerprint density at radius 3 is 2.69 bits per heavy atom. The fraction of sp³-hybridized carbons (Fsp3) is 0.350. The third kappa shape index (κ3) is 2.71. The van der Waals surface area contributed by atoms with Crippen LogP contribution < -0.4 is 19.7 Å². The van der Waals surface area contributed by atoms with Gasteiger partial charge in [0.2, 0.25) is 0 Å². The van der Waals surface area contributed by atoms with E-state index in [2.05, 4.69) is 46.4 Å². The number of nitrogens with one attached hydrogen (secondary N) is 1. The van der Waals surface area contributed by atoms with Crippen LogP contribution in [-0.4, -0.2) is 30.9 Å². The van der Waals surface area contributed by atoms with Crippen LogP contribution in [0.1, 0.15) is 26.7 Å². The summed E-state index contributed by atoms with van der Waals surface area (Å²) in [7, 11) is 3.30. The predicted molar refractivity (Wildman–Crippen MR) is 103 cm³/mol. The van der Waals surface area contributed by atoms with E-state index in [-0.39, 0.29) is 5.54 Å². The summed E-state index contributed by atoms with van der Waals surface area (Å²) >= 11 is 0. The Kier molecular flexibility index (Phi) is 3.90. The molecule has 0 unspecified atom stereocenters. The summed E-state index contributed by atoms with van der Waals surface area (Å²) in [6, 6.07) is 5.97. The molecule has 0 fully saturated rings. The molecule has 136 valence electrons. The maximum absolute atomic E-state index is 5.49. The van der Waals surface area contributed by atoms with Gasteiger partial charge in [-0.15, -0.1) is 0 Å². The molecule has 0 aromatic heterocycles. The van der Waals surface area contributed by atoms with Crippen molar-refractivity contribution in [1.82, 2.24) is 10.2 Å². The molecule has 0 amide bonds. The van der Waals surface area contributed by atoms with Crippen LogP contribution in [0.2, 0.25) is 0 Å². The van der Waals surface area contributed by atoms with E-state index in [0.29, 0.717) is 5.75 Å². The molecule has 0 aliphatic carbocycles. The molecule has 0 saturated carbocycles. The van der Waals surface area contributed by atoms with E-state index in [9.17, 15) is 0 Å². The molecule has 0 saturated heterocycles. The molecule has 3 heterocycles. The number of allylic oxidation sites excluding steroid dienone is 2. The fourth-order valence-corrected chi connectivity index (χ4v) is 3.50. The third-order valence-electron chi connectivity index (χ3n) is 4.91. The molecule has 6 heteroatoms. The quantitative estimate of drug-likeness (QED) is 0.901. The van der Waals surface area contributed by atoms with Gasteiger partial charge in [-0.25, -0.2) is 4.99 Å². The Hall–Kier alpha value is -2.89. The maximum Gasteiger partial charge on any atom is 0.162 e. The summed E-state index contributed by atoms with van der Waals surface area (Å²) in [6.45, 7) is 4.46. The van der Waals surface area contributed by atoms with Crippen molar-refractivity contribution >= 4 is 11.9 Å². The Morgan fingerprint density at radius 1 is 1.12 bits per heavy atom. The average Bonchev–Trinajstić information content (AvgIpc) is 2.66. The number of rotatable bonds is 3. The van der Waals surface area contributed by atoms with E-state index >= 15 is 0 Å². The molecular weight excluding hydrogens is 328 g/mol. The predicted octanol–water partition coefficient (Wildman–Crippen LogP) is 3.55. The van der Waals surface area contributed by atoms with Crippen molar-refractivity contribution in [2.75, 3.05) is 19.1 Å². The molecular formula is C20H24N4O2. The smallest absolute Gasteiger partial charge is 0.162 e. The summed E-state index contributed by atoms with van der Waals surface area (Å²) in [5.41, 5.74) is 2.29. The van der Waals surface area contributed by atoms with E-state index < -0.39 is 0 Å². The van der Waals surface area contributed by atoms with Crippen LogP contribution in [-0.2, 0) is 0 Å². The van der Waals surface area contributed by atoms with Gasteiger partial charge >= 0.3 is 0 Å². The number of methoxy groups -OCH3 is 2. The maximum atomic E-state index is 5.49. The van der Waals surface area contributed by atoms with Gasteiger partial charge in [0.15, 0.2) is 17.3 Å². The van der Waals surface area contributed by atoms with Gasteiger partial charge in [0.1, 0.15) is 5.82 Å². The SMILES string of the molecule is COc1ccc(N2C=C3N=CC=CN3C3=C2CCC(C)(C)N3)cc1OC. The fourth-order valence-electron chi connectivity index (χ4n) is 3.50. The zero-order chi connectivity index (χ0) is 18.3. The molecule has 0 spiro atoms. The molecule has 1 aromatic rings. The van der Waals surface area contributed by atoms with Crippen molar-refractivity contribution in [2.24, 2.45) is 4.99 Å². The van der Waals surface area contributed by atoms with E-state index in [0.717, 1.165) is 35.9 Å². The van der Waals surface area contributed by atoms with Crippen LogP contribution in [0.3, 0.4) is 0 Å². The number of hydrogen-bond acceptors (Lipinski definition) is 6. The second-order valence-corrected chi connectivity index (χ2v) is 7.19. The normalized spacial score (nSPS) is 20.2. The van der Waals surface area contributed by atoms with Crippen molar-refractivity contribution in [3.8, 4) is 11.5 Å². The van der Waals surface area contributed by atoms with Gasteiger partial charge in [0.25, 0.3) is 0 Å². The first-order valence-electron chi connectivity index (χ1n) is 8.77. The molecule has 26 heavy (non-hydrogen) atoms. The van der Waals surface area contributed by atoms with Gasteiger partial charge in [-0.1, -0.05) is 0 Å². The Bertz CT molecular complexity index is 851. The van der Waals surface area contributed by atoms with E-state index in [1.54, 1.807) is 14.2 Å². The molecule has 3 aliphatic rings. The minimum Gasteiger partial charge on any atom is -0.493 e. The molecule has 0 atom stereocenters. The van der Waals surface area contributed by atoms with E-state index in [4.69, 9.17) is 9.47 Å². The van der Waals surface area contributed by atoms with Crippen molar-refractivity contribution < 1.29 is 9.47 Å². The first-order chi connectivity index (χ1) is 12.5. The Labute approximate surface area is 154 Å². The van der Waals surface area contributed by atoms with Crippen LogP contribution in [0, 0.1) is 0 Å². The second-order valence-electron chi connectivity index (χ2n) is 7.19. The lowest BCUT2D eigenvalue weighted by Crippen LogP contribution is -2.50. The summed E-state index contributed by atoms with van der Waals surface area (Å²) in [4.78, 5) is 8.86. The van der Waals surface area contributed by atoms with Crippen LogP contribution in [0.25, 0.3) is 0 Å². The van der Waals surface area contributed by atoms with Crippen molar-refractivity contribution in [1.29, 1.82) is 0 Å². The lowest BCUT2D eigenvalue weighted by atomic mass is 9.92. The molecule has 0 radical (unpaired) electrons. The van der Waals surface area contributed by atoms with Crippen LogP contribution in [0.15, 0.2) is 59.0 Å². The number of aliphatic imine (C=N–C) groups is 1. The first-order valence-corrected chi connectivity index (χ1v) is 8.77. The van der Waals surface area contributed by atoms with E-state index in [1.165, 1.54) is 5.70 Å². The molecule has 0 bridgehead atoms. The average molecular weight is 352 g/mol. The van der Waals surface area contributed by atoms with Crippen LogP contribution in [0.4, 0.5) is 5.69 Å². The van der Waals surface area contributed by atoms with Crippen molar-refractivity contribution in [3.05, 3.63) is 54.0 Å². The highest BCUT2D eigenvalue weighted by molar-refractivity contribution is 5.74. The molecule has 6 nitrogen and oxygen atoms in total. The van der Waals surface area contributed by atoms with Gasteiger partial charge in [-0.05, 0) is 44.9 Å². The standard InChI is InChI=1S/C20H24N4O2/c1-20(2)9-8-15-19(22-20)23-11-5-10-21-18(23)13-24(15)14-6-7-16(25-3)17(12-14)26-4/h5-7,10-13,22H,8-9H2,1-4H3. The van der Waals surface area contributed by atoms with Gasteiger partial charge in [0, 0.05) is 29.7 Å². The van der Waals surface area contributed by atoms with Crippen molar-refractivity contribution in [3.63, 3.8) is 0 Å². The van der Waals surface area contributed by atoms with Gasteiger partial charge in [0.05, 0.1) is 26.1 Å². The lowest BCUT2D eigenvalue weighted by molar-refractivity contribution is 0.314. The van der Waals surface area contributed by atoms with Crippen LogP contribution >= 0.6 is 0 Å². The molecule has 4 rings (SSSR count). The summed E-state index contributed by atoms with van der Waals surface area (Å²) < 4.78 is 10.9. The number of nitrogens with zero attached hydrogens (tertiary/aromatic N) is 3. The number of fused-ring (bicyclic) bond motifs is 2. The number of benzene rings is 1. The minimum absolute atomic E-state index is 0.0412. The monoisotopic (exact) mass is 352 g/mol. The first kappa shape index (κ1) is 16.6. The Balaban J connectivity index is 1.81. The topological polar surface area (TPSA) is 49.3 Å². The summed E-state index contributed by atoms with van der Waals surface area (Å²) in [5.74, 6) is 3.40. The largest absolute Gasteiger partial charge is 0.493 e.